The predicted molar refractivity (Wildman–Crippen MR) is 69.8 cm³/mol. The Labute approximate surface area is 105 Å². The number of aryl methyl sites for hydroxylation is 1. The summed E-state index contributed by atoms with van der Waals surface area (Å²) in [5.41, 5.74) is 3.12. The zero-order valence-corrected chi connectivity index (χ0v) is 10.4. The second-order valence-electron chi connectivity index (χ2n) is 3.93. The van der Waals surface area contributed by atoms with Crippen molar-refractivity contribution < 1.29 is 9.32 Å². The van der Waals surface area contributed by atoms with E-state index in [2.05, 4.69) is 20.3 Å². The van der Waals surface area contributed by atoms with Gasteiger partial charge in [0.1, 0.15) is 12.0 Å². The number of benzene rings is 1. The molecule has 1 aromatic heterocycles. The van der Waals surface area contributed by atoms with Crippen LogP contribution in [0, 0.1) is 6.92 Å². The van der Waals surface area contributed by atoms with E-state index in [-0.39, 0.29) is 5.91 Å². The van der Waals surface area contributed by atoms with Crippen LogP contribution in [0.5, 0.6) is 0 Å². The third-order valence-corrected chi connectivity index (χ3v) is 2.54. The minimum absolute atomic E-state index is 0.168. The van der Waals surface area contributed by atoms with Crippen LogP contribution in [0.4, 0.5) is 11.4 Å². The van der Waals surface area contributed by atoms with Gasteiger partial charge in [-0.25, -0.2) is 0 Å². The number of rotatable bonds is 4. The highest BCUT2D eigenvalue weighted by Gasteiger charge is 2.10. The molecule has 94 valence electrons. The number of anilines is 2. The fourth-order valence-corrected chi connectivity index (χ4v) is 1.70. The van der Waals surface area contributed by atoms with Crippen LogP contribution >= 0.6 is 0 Å². The van der Waals surface area contributed by atoms with Gasteiger partial charge in [-0.15, -0.1) is 0 Å². The molecule has 0 aliphatic carbocycles. The van der Waals surface area contributed by atoms with Crippen LogP contribution in [0.3, 0.4) is 0 Å². The van der Waals surface area contributed by atoms with Crippen LogP contribution in [0.2, 0.25) is 0 Å². The number of amides is 1. The maximum absolute atomic E-state index is 12.0. The number of hydrogen-bond acceptors (Lipinski definition) is 4. The van der Waals surface area contributed by atoms with E-state index in [1.807, 2.05) is 26.0 Å². The first kappa shape index (κ1) is 12.2. The fourth-order valence-electron chi connectivity index (χ4n) is 1.70. The van der Waals surface area contributed by atoms with Crippen molar-refractivity contribution in [2.24, 2.45) is 0 Å². The van der Waals surface area contributed by atoms with Gasteiger partial charge in [0.2, 0.25) is 0 Å². The van der Waals surface area contributed by atoms with E-state index < -0.39 is 0 Å². The van der Waals surface area contributed by atoms with Crippen LogP contribution in [0.1, 0.15) is 22.8 Å². The minimum atomic E-state index is -0.168. The zero-order chi connectivity index (χ0) is 13.0. The molecule has 0 saturated heterocycles. The summed E-state index contributed by atoms with van der Waals surface area (Å²) in [5.74, 6) is -0.168. The number of carbonyl (C=O) groups is 1. The molecule has 0 fully saturated rings. The second-order valence-corrected chi connectivity index (χ2v) is 3.93. The second kappa shape index (κ2) is 5.35. The van der Waals surface area contributed by atoms with Crippen molar-refractivity contribution in [2.75, 3.05) is 17.2 Å². The van der Waals surface area contributed by atoms with Crippen LogP contribution in [0.25, 0.3) is 0 Å². The van der Waals surface area contributed by atoms with Gasteiger partial charge >= 0.3 is 0 Å². The molecule has 2 rings (SSSR count). The van der Waals surface area contributed by atoms with Gasteiger partial charge in [0.15, 0.2) is 0 Å². The van der Waals surface area contributed by atoms with Gasteiger partial charge in [0.05, 0.1) is 6.20 Å². The molecular weight excluding hydrogens is 230 g/mol. The first-order chi connectivity index (χ1) is 8.70. The molecule has 2 N–H and O–H groups in total. The zero-order valence-electron chi connectivity index (χ0n) is 10.4. The molecule has 0 aliphatic heterocycles. The summed E-state index contributed by atoms with van der Waals surface area (Å²) >= 11 is 0. The largest absolute Gasteiger partial charge is 0.385 e. The van der Waals surface area contributed by atoms with Gasteiger partial charge in [0, 0.05) is 17.8 Å². The SMILES string of the molecule is CCNc1ccc(C(=O)Nc2cnoc2)c(C)c1. The lowest BCUT2D eigenvalue weighted by Gasteiger charge is -2.09. The van der Waals surface area contributed by atoms with Gasteiger partial charge < -0.3 is 15.2 Å². The van der Waals surface area contributed by atoms with Crippen LogP contribution in [0.15, 0.2) is 35.2 Å². The monoisotopic (exact) mass is 245 g/mol. The molecule has 1 amide bonds. The summed E-state index contributed by atoms with van der Waals surface area (Å²) in [4.78, 5) is 12.0. The summed E-state index contributed by atoms with van der Waals surface area (Å²) in [6.07, 6.45) is 2.85. The Morgan fingerprint density at radius 3 is 2.83 bits per heavy atom. The molecule has 5 heteroatoms. The van der Waals surface area contributed by atoms with Crippen molar-refractivity contribution in [1.29, 1.82) is 0 Å². The minimum Gasteiger partial charge on any atom is -0.385 e. The highest BCUT2D eigenvalue weighted by molar-refractivity contribution is 6.05. The molecule has 0 spiro atoms. The van der Waals surface area contributed by atoms with Crippen molar-refractivity contribution in [2.45, 2.75) is 13.8 Å². The van der Waals surface area contributed by atoms with E-state index in [1.165, 1.54) is 12.5 Å². The Kier molecular flexibility index (Phi) is 3.62. The van der Waals surface area contributed by atoms with Gasteiger partial charge in [-0.2, -0.15) is 0 Å². The maximum atomic E-state index is 12.0. The number of nitrogens with one attached hydrogen (secondary N) is 2. The van der Waals surface area contributed by atoms with E-state index >= 15 is 0 Å². The molecule has 1 heterocycles. The van der Waals surface area contributed by atoms with Crippen molar-refractivity contribution >= 4 is 17.3 Å². The smallest absolute Gasteiger partial charge is 0.256 e. The van der Waals surface area contributed by atoms with Crippen LogP contribution < -0.4 is 10.6 Å². The molecule has 0 atom stereocenters. The number of hydrogen-bond donors (Lipinski definition) is 2. The molecule has 0 aliphatic rings. The average molecular weight is 245 g/mol. The van der Waals surface area contributed by atoms with E-state index in [1.54, 1.807) is 6.07 Å². The van der Waals surface area contributed by atoms with Crippen molar-refractivity contribution in [3.63, 3.8) is 0 Å². The number of aromatic nitrogens is 1. The van der Waals surface area contributed by atoms with Crippen molar-refractivity contribution in [3.8, 4) is 0 Å². The summed E-state index contributed by atoms with van der Waals surface area (Å²) in [6.45, 7) is 4.79. The maximum Gasteiger partial charge on any atom is 0.256 e. The molecule has 2 aromatic rings. The van der Waals surface area contributed by atoms with Crippen LogP contribution in [-0.2, 0) is 0 Å². The summed E-state index contributed by atoms with van der Waals surface area (Å²) in [5, 5.41) is 9.45. The Morgan fingerprint density at radius 1 is 1.39 bits per heavy atom. The van der Waals surface area contributed by atoms with E-state index in [9.17, 15) is 4.79 Å². The van der Waals surface area contributed by atoms with E-state index in [0.29, 0.717) is 11.3 Å². The third-order valence-electron chi connectivity index (χ3n) is 2.54. The summed E-state index contributed by atoms with van der Waals surface area (Å²) < 4.78 is 4.66. The van der Waals surface area contributed by atoms with E-state index in [4.69, 9.17) is 0 Å². The molecule has 0 radical (unpaired) electrons. The highest BCUT2D eigenvalue weighted by atomic mass is 16.5. The first-order valence-corrected chi connectivity index (χ1v) is 5.76. The molecule has 18 heavy (non-hydrogen) atoms. The Bertz CT molecular complexity index is 535. The normalized spacial score (nSPS) is 10.1. The lowest BCUT2D eigenvalue weighted by molar-refractivity contribution is 0.102. The molecule has 1 aromatic carbocycles. The van der Waals surface area contributed by atoms with Crippen molar-refractivity contribution in [3.05, 3.63) is 41.8 Å². The van der Waals surface area contributed by atoms with Gasteiger partial charge in [-0.3, -0.25) is 4.79 Å². The Balaban J connectivity index is 2.15. The molecule has 0 unspecified atom stereocenters. The standard InChI is InChI=1S/C13H15N3O2/c1-3-14-10-4-5-12(9(2)6-10)13(17)16-11-7-15-18-8-11/h4-8,14H,3H2,1-2H3,(H,16,17). The van der Waals surface area contributed by atoms with E-state index in [0.717, 1.165) is 17.8 Å². The number of carbonyl (C=O) groups excluding carboxylic acids is 1. The fraction of sp³-hybridized carbons (Fsp3) is 0.231. The Hall–Kier alpha value is -2.30. The van der Waals surface area contributed by atoms with Gasteiger partial charge in [-0.1, -0.05) is 5.16 Å². The molecular formula is C13H15N3O2. The molecule has 5 nitrogen and oxygen atoms in total. The average Bonchev–Trinajstić information content (AvgIpc) is 2.82. The molecule has 0 bridgehead atoms. The quantitative estimate of drug-likeness (QED) is 0.869. The first-order valence-electron chi connectivity index (χ1n) is 5.76. The van der Waals surface area contributed by atoms with Crippen LogP contribution in [-0.4, -0.2) is 17.6 Å². The highest BCUT2D eigenvalue weighted by Crippen LogP contribution is 2.16. The Morgan fingerprint density at radius 2 is 2.22 bits per heavy atom. The third kappa shape index (κ3) is 2.68. The number of nitrogens with zero attached hydrogens (tertiary/aromatic N) is 1. The lowest BCUT2D eigenvalue weighted by atomic mass is 10.1. The lowest BCUT2D eigenvalue weighted by Crippen LogP contribution is -2.13. The summed E-state index contributed by atoms with van der Waals surface area (Å²) in [6, 6.07) is 5.64. The predicted octanol–water partition coefficient (Wildman–Crippen LogP) is 2.67. The summed E-state index contributed by atoms with van der Waals surface area (Å²) in [7, 11) is 0. The topological polar surface area (TPSA) is 67.2 Å². The van der Waals surface area contributed by atoms with Gasteiger partial charge in [-0.05, 0) is 37.6 Å². The van der Waals surface area contributed by atoms with Crippen molar-refractivity contribution in [1.82, 2.24) is 5.16 Å². The molecule has 0 saturated carbocycles. The van der Waals surface area contributed by atoms with Gasteiger partial charge in [0.25, 0.3) is 5.91 Å².